The van der Waals surface area contributed by atoms with Crippen LogP contribution in [0.5, 0.6) is 5.75 Å². The van der Waals surface area contributed by atoms with Crippen LogP contribution in [0.25, 0.3) is 23.0 Å². The van der Waals surface area contributed by atoms with Crippen LogP contribution in [0, 0.1) is 18.3 Å². The van der Waals surface area contributed by atoms with E-state index in [1.165, 1.54) is 11.8 Å². The standard InChI is InChI=1S/C32H26N4O3/c1-23-12-14-24(15-13-23)22-39-29-10-5-7-25(18-29)31-27(21-36(35-31)28-8-3-2-4-9-28)17-26(19-33)32(37)34-20-30-11-6-16-38-30/h2-18,21H,20,22H2,1H3,(H,34,37). The second-order valence-electron chi connectivity index (χ2n) is 8.95. The van der Waals surface area contributed by atoms with E-state index in [-0.39, 0.29) is 12.1 Å². The lowest BCUT2D eigenvalue weighted by atomic mass is 10.1. The van der Waals surface area contributed by atoms with E-state index < -0.39 is 5.91 Å². The molecule has 5 rings (SSSR count). The molecule has 0 saturated carbocycles. The number of furan rings is 1. The predicted molar refractivity (Wildman–Crippen MR) is 149 cm³/mol. The van der Waals surface area contributed by atoms with E-state index in [4.69, 9.17) is 14.3 Å². The van der Waals surface area contributed by atoms with Gasteiger partial charge in [0.15, 0.2) is 0 Å². The first-order chi connectivity index (χ1) is 19.1. The van der Waals surface area contributed by atoms with E-state index in [0.717, 1.165) is 16.8 Å². The highest BCUT2D eigenvalue weighted by Crippen LogP contribution is 2.29. The lowest BCUT2D eigenvalue weighted by Gasteiger charge is -2.08. The molecule has 0 aliphatic carbocycles. The molecule has 1 amide bonds. The number of para-hydroxylation sites is 1. The molecule has 0 bridgehead atoms. The lowest BCUT2D eigenvalue weighted by molar-refractivity contribution is -0.117. The Morgan fingerprint density at radius 2 is 1.87 bits per heavy atom. The molecule has 0 aliphatic heterocycles. The maximum absolute atomic E-state index is 12.8. The molecule has 7 heteroatoms. The third-order valence-electron chi connectivity index (χ3n) is 6.07. The van der Waals surface area contributed by atoms with Gasteiger partial charge in [0.25, 0.3) is 5.91 Å². The summed E-state index contributed by atoms with van der Waals surface area (Å²) in [5.41, 5.74) is 5.12. The van der Waals surface area contributed by atoms with Gasteiger partial charge in [0.2, 0.25) is 0 Å². The van der Waals surface area contributed by atoms with Crippen molar-refractivity contribution in [1.29, 1.82) is 5.26 Å². The zero-order valence-corrected chi connectivity index (χ0v) is 21.4. The number of benzene rings is 3. The van der Waals surface area contributed by atoms with E-state index in [0.29, 0.717) is 29.4 Å². The summed E-state index contributed by atoms with van der Waals surface area (Å²) in [6.45, 7) is 2.67. The van der Waals surface area contributed by atoms with Gasteiger partial charge in [-0.25, -0.2) is 4.68 Å². The molecule has 0 aliphatic rings. The minimum absolute atomic E-state index is 0.0396. The molecular weight excluding hydrogens is 488 g/mol. The molecule has 0 radical (unpaired) electrons. The van der Waals surface area contributed by atoms with Crippen molar-refractivity contribution in [2.45, 2.75) is 20.1 Å². The number of aromatic nitrogens is 2. The second kappa shape index (κ2) is 11.8. The van der Waals surface area contributed by atoms with Gasteiger partial charge in [0, 0.05) is 17.3 Å². The van der Waals surface area contributed by atoms with E-state index in [1.807, 2.05) is 79.0 Å². The van der Waals surface area contributed by atoms with E-state index in [1.54, 1.807) is 22.9 Å². The molecule has 7 nitrogen and oxygen atoms in total. The number of nitrogens with zero attached hydrogens (tertiary/aromatic N) is 3. The highest BCUT2D eigenvalue weighted by molar-refractivity contribution is 6.02. The molecule has 3 aromatic carbocycles. The van der Waals surface area contributed by atoms with Gasteiger partial charge in [-0.05, 0) is 55.0 Å². The average molecular weight is 515 g/mol. The molecule has 2 heterocycles. The van der Waals surface area contributed by atoms with Gasteiger partial charge < -0.3 is 14.5 Å². The number of ether oxygens (including phenoxy) is 1. The number of nitriles is 1. The third kappa shape index (κ3) is 6.32. The molecule has 0 saturated heterocycles. The summed E-state index contributed by atoms with van der Waals surface area (Å²) >= 11 is 0. The molecule has 1 N–H and O–H groups in total. The molecule has 39 heavy (non-hydrogen) atoms. The van der Waals surface area contributed by atoms with Crippen molar-refractivity contribution in [3.8, 4) is 28.8 Å². The normalized spacial score (nSPS) is 11.1. The fraction of sp³-hybridized carbons (Fsp3) is 0.0938. The Balaban J connectivity index is 1.45. The van der Waals surface area contributed by atoms with Crippen LogP contribution < -0.4 is 10.1 Å². The van der Waals surface area contributed by atoms with Crippen LogP contribution in [-0.2, 0) is 17.9 Å². The Morgan fingerprint density at radius 1 is 1.05 bits per heavy atom. The predicted octanol–water partition coefficient (Wildman–Crippen LogP) is 6.24. The van der Waals surface area contributed by atoms with Crippen molar-refractivity contribution < 1.29 is 13.9 Å². The quantitative estimate of drug-likeness (QED) is 0.186. The van der Waals surface area contributed by atoms with Crippen LogP contribution in [0.4, 0.5) is 0 Å². The van der Waals surface area contributed by atoms with Gasteiger partial charge in [0.05, 0.1) is 18.5 Å². The number of rotatable bonds is 9. The largest absolute Gasteiger partial charge is 0.489 e. The number of carbonyl (C=O) groups excluding carboxylic acids is 1. The van der Waals surface area contributed by atoms with Crippen LogP contribution >= 0.6 is 0 Å². The van der Waals surface area contributed by atoms with E-state index in [2.05, 4.69) is 24.4 Å². The Bertz CT molecular complexity index is 1630. The van der Waals surface area contributed by atoms with Crippen LogP contribution in [-0.4, -0.2) is 15.7 Å². The van der Waals surface area contributed by atoms with Crippen molar-refractivity contribution >= 4 is 12.0 Å². The fourth-order valence-corrected chi connectivity index (χ4v) is 3.99. The van der Waals surface area contributed by atoms with Crippen LogP contribution in [0.2, 0.25) is 0 Å². The first-order valence-electron chi connectivity index (χ1n) is 12.5. The zero-order valence-electron chi connectivity index (χ0n) is 21.4. The van der Waals surface area contributed by atoms with Gasteiger partial charge >= 0.3 is 0 Å². The van der Waals surface area contributed by atoms with E-state index in [9.17, 15) is 10.1 Å². The van der Waals surface area contributed by atoms with Gasteiger partial charge in [-0.15, -0.1) is 0 Å². The first-order valence-corrected chi connectivity index (χ1v) is 12.5. The molecule has 0 atom stereocenters. The summed E-state index contributed by atoms with van der Waals surface area (Å²) in [7, 11) is 0. The third-order valence-corrected chi connectivity index (χ3v) is 6.07. The minimum atomic E-state index is -0.498. The van der Waals surface area contributed by atoms with E-state index >= 15 is 0 Å². The van der Waals surface area contributed by atoms with Gasteiger partial charge in [-0.1, -0.05) is 60.2 Å². The summed E-state index contributed by atoms with van der Waals surface area (Å²) in [4.78, 5) is 12.8. The zero-order chi connectivity index (χ0) is 27.0. The highest BCUT2D eigenvalue weighted by Gasteiger charge is 2.16. The van der Waals surface area contributed by atoms with Crippen molar-refractivity contribution in [3.63, 3.8) is 0 Å². The van der Waals surface area contributed by atoms with Gasteiger partial charge in [-0.2, -0.15) is 10.4 Å². The van der Waals surface area contributed by atoms with Crippen molar-refractivity contribution in [1.82, 2.24) is 15.1 Å². The SMILES string of the molecule is Cc1ccc(COc2cccc(-c3nn(-c4ccccc4)cc3C=C(C#N)C(=O)NCc3ccco3)c2)cc1. The number of nitrogens with one attached hydrogen (secondary N) is 1. The van der Waals surface area contributed by atoms with Crippen LogP contribution in [0.15, 0.2) is 113 Å². The average Bonchev–Trinajstić information content (AvgIpc) is 3.65. The number of carbonyl (C=O) groups is 1. The first kappa shape index (κ1) is 25.3. The Hall–Kier alpha value is -5.35. The lowest BCUT2D eigenvalue weighted by Crippen LogP contribution is -2.23. The Morgan fingerprint density at radius 3 is 2.62 bits per heavy atom. The monoisotopic (exact) mass is 514 g/mol. The molecule has 5 aromatic rings. The second-order valence-corrected chi connectivity index (χ2v) is 8.95. The number of aryl methyl sites for hydroxylation is 1. The van der Waals surface area contributed by atoms with Crippen LogP contribution in [0.3, 0.4) is 0 Å². The van der Waals surface area contributed by atoms with Crippen molar-refractivity contribution in [3.05, 3.63) is 131 Å². The summed E-state index contributed by atoms with van der Waals surface area (Å²) in [5, 5.41) is 17.3. The summed E-state index contributed by atoms with van der Waals surface area (Å²) in [6.07, 6.45) is 4.89. The van der Waals surface area contributed by atoms with Gasteiger partial charge in [0.1, 0.15) is 35.5 Å². The maximum atomic E-state index is 12.8. The number of hydrogen-bond donors (Lipinski definition) is 1. The molecule has 0 spiro atoms. The molecule has 2 aromatic heterocycles. The Kier molecular flexibility index (Phi) is 7.66. The molecular formula is C32H26N4O3. The number of amides is 1. The minimum Gasteiger partial charge on any atom is -0.489 e. The summed E-state index contributed by atoms with van der Waals surface area (Å²) in [6, 6.07) is 31.0. The van der Waals surface area contributed by atoms with Crippen molar-refractivity contribution in [2.24, 2.45) is 0 Å². The molecule has 0 fully saturated rings. The summed E-state index contributed by atoms with van der Waals surface area (Å²) in [5.74, 6) is 0.789. The smallest absolute Gasteiger partial charge is 0.262 e. The van der Waals surface area contributed by atoms with Crippen LogP contribution in [0.1, 0.15) is 22.5 Å². The summed E-state index contributed by atoms with van der Waals surface area (Å²) < 4.78 is 13.1. The van der Waals surface area contributed by atoms with Gasteiger partial charge in [-0.3, -0.25) is 4.79 Å². The molecule has 0 unspecified atom stereocenters. The number of hydrogen-bond acceptors (Lipinski definition) is 5. The topological polar surface area (TPSA) is 93.1 Å². The molecule has 192 valence electrons. The Labute approximate surface area is 226 Å². The highest BCUT2D eigenvalue weighted by atomic mass is 16.5. The van der Waals surface area contributed by atoms with Crippen molar-refractivity contribution in [2.75, 3.05) is 0 Å². The maximum Gasteiger partial charge on any atom is 0.262 e. The fourth-order valence-electron chi connectivity index (χ4n) is 3.99.